The van der Waals surface area contributed by atoms with Crippen molar-refractivity contribution in [2.45, 2.75) is 59.0 Å². The molecule has 138 valence electrons. The molecule has 0 aromatic heterocycles. The molecule has 2 fully saturated rings. The zero-order chi connectivity index (χ0) is 18.9. The van der Waals surface area contributed by atoms with Crippen LogP contribution in [0.25, 0.3) is 0 Å². The summed E-state index contributed by atoms with van der Waals surface area (Å²) < 4.78 is 0. The average molecular weight is 352 g/mol. The summed E-state index contributed by atoms with van der Waals surface area (Å²) in [7, 11) is 0. The first kappa shape index (κ1) is 17.6. The smallest absolute Gasteiger partial charge is 0.169 e. The molecule has 6 atom stereocenters. The van der Waals surface area contributed by atoms with Crippen LogP contribution in [-0.4, -0.2) is 21.6 Å². The molecular weight excluding hydrogens is 324 g/mol. The molecule has 0 heterocycles. The summed E-state index contributed by atoms with van der Waals surface area (Å²) in [4.78, 5) is 13.0. The summed E-state index contributed by atoms with van der Waals surface area (Å²) in [6, 6.07) is 0. The third-order valence-electron chi connectivity index (χ3n) is 8.07. The Labute approximate surface area is 155 Å². The van der Waals surface area contributed by atoms with Crippen LogP contribution in [0.4, 0.5) is 0 Å². The molecule has 0 spiro atoms. The van der Waals surface area contributed by atoms with Gasteiger partial charge in [-0.15, -0.1) is 5.92 Å². The van der Waals surface area contributed by atoms with Crippen molar-refractivity contribution < 1.29 is 15.0 Å². The van der Waals surface area contributed by atoms with E-state index in [0.717, 1.165) is 30.4 Å². The van der Waals surface area contributed by atoms with E-state index in [9.17, 15) is 15.0 Å². The normalized spacial score (nSPS) is 46.7. The second-order valence-corrected chi connectivity index (χ2v) is 9.06. The van der Waals surface area contributed by atoms with Crippen LogP contribution in [-0.2, 0) is 4.79 Å². The summed E-state index contributed by atoms with van der Waals surface area (Å²) >= 11 is 0. The first-order chi connectivity index (χ1) is 12.2. The third kappa shape index (κ3) is 1.97. The number of aliphatic hydroxyl groups excluding tert-OH is 1. The number of carbonyl (C=O) groups excluding carboxylic acids is 1. The maximum Gasteiger partial charge on any atom is 0.169 e. The lowest BCUT2D eigenvalue weighted by Crippen LogP contribution is -2.55. The Morgan fingerprint density at radius 1 is 1.15 bits per heavy atom. The van der Waals surface area contributed by atoms with E-state index >= 15 is 0 Å². The van der Waals surface area contributed by atoms with E-state index in [1.165, 1.54) is 6.08 Å². The number of ketones is 1. The minimum atomic E-state index is -0.926. The van der Waals surface area contributed by atoms with E-state index in [1.807, 2.05) is 13.8 Å². The highest BCUT2D eigenvalue weighted by Crippen LogP contribution is 2.66. The molecule has 2 saturated carbocycles. The Morgan fingerprint density at radius 3 is 2.54 bits per heavy atom. The first-order valence-electron chi connectivity index (χ1n) is 9.70. The van der Waals surface area contributed by atoms with Gasteiger partial charge in [0.05, 0.1) is 5.41 Å². The number of hydrogen-bond donors (Lipinski definition) is 2. The predicted octanol–water partition coefficient (Wildman–Crippen LogP) is 4.10. The quantitative estimate of drug-likeness (QED) is 0.645. The molecule has 0 bridgehead atoms. The molecule has 4 aliphatic rings. The van der Waals surface area contributed by atoms with Crippen molar-refractivity contribution in [1.29, 1.82) is 0 Å². The zero-order valence-corrected chi connectivity index (χ0v) is 16.1. The van der Waals surface area contributed by atoms with Crippen LogP contribution in [0.5, 0.6) is 0 Å². The van der Waals surface area contributed by atoms with Gasteiger partial charge >= 0.3 is 0 Å². The van der Waals surface area contributed by atoms with Gasteiger partial charge in [-0.25, -0.2) is 0 Å². The van der Waals surface area contributed by atoms with Crippen LogP contribution >= 0.6 is 0 Å². The number of hydrogen-bond acceptors (Lipinski definition) is 3. The van der Waals surface area contributed by atoms with Gasteiger partial charge in [0.2, 0.25) is 0 Å². The molecule has 4 rings (SSSR count). The van der Waals surface area contributed by atoms with E-state index in [0.29, 0.717) is 12.3 Å². The van der Waals surface area contributed by atoms with Gasteiger partial charge in [-0.3, -0.25) is 4.79 Å². The van der Waals surface area contributed by atoms with Crippen LogP contribution in [0.15, 0.2) is 35.1 Å². The maximum absolute atomic E-state index is 13.0. The van der Waals surface area contributed by atoms with Crippen LogP contribution in [0, 0.1) is 40.4 Å². The molecule has 0 radical (unpaired) electrons. The number of rotatable bonds is 0. The van der Waals surface area contributed by atoms with Crippen LogP contribution < -0.4 is 0 Å². The van der Waals surface area contributed by atoms with Crippen LogP contribution in [0.1, 0.15) is 53.4 Å². The molecule has 26 heavy (non-hydrogen) atoms. The summed E-state index contributed by atoms with van der Waals surface area (Å²) in [6.45, 7) is 8.08. The van der Waals surface area contributed by atoms with Gasteiger partial charge in [0.25, 0.3) is 0 Å². The molecule has 4 aliphatic carbocycles. The monoisotopic (exact) mass is 352 g/mol. The summed E-state index contributed by atoms with van der Waals surface area (Å²) in [5, 5.41) is 21.2. The van der Waals surface area contributed by atoms with Crippen molar-refractivity contribution in [3.8, 4) is 11.8 Å². The van der Waals surface area contributed by atoms with Crippen molar-refractivity contribution in [2.75, 3.05) is 0 Å². The fourth-order valence-electron chi connectivity index (χ4n) is 6.57. The van der Waals surface area contributed by atoms with Gasteiger partial charge in [0.15, 0.2) is 5.78 Å². The first-order valence-corrected chi connectivity index (χ1v) is 9.70. The third-order valence-corrected chi connectivity index (χ3v) is 8.07. The minimum absolute atomic E-state index is 0.0140. The molecule has 0 saturated heterocycles. The summed E-state index contributed by atoms with van der Waals surface area (Å²) in [5.41, 5.74) is 0.317. The highest BCUT2D eigenvalue weighted by molar-refractivity contribution is 6.00. The standard InChI is InChI=1S/C23H28O3/c1-5-8-23(26)10-7-17-16-11-14(2)19-12-15(24)13-20(25)22(19,4)18(16)6-9-21(17,23)3/h11-13,16-18,24,26H,6-7,9-10H2,1-4H3/t16-,17-,18-,21-,22+,23+/m0/s1. The van der Waals surface area contributed by atoms with Crippen molar-refractivity contribution in [2.24, 2.45) is 28.6 Å². The van der Waals surface area contributed by atoms with E-state index in [4.69, 9.17) is 0 Å². The molecule has 0 amide bonds. The molecule has 2 N–H and O–H groups in total. The van der Waals surface area contributed by atoms with Crippen LogP contribution in [0.3, 0.4) is 0 Å². The van der Waals surface area contributed by atoms with E-state index < -0.39 is 11.0 Å². The molecule has 0 aromatic carbocycles. The topological polar surface area (TPSA) is 57.5 Å². The summed E-state index contributed by atoms with van der Waals surface area (Å²) in [5.74, 6) is 6.93. The number of carbonyl (C=O) groups is 1. The fourth-order valence-corrected chi connectivity index (χ4v) is 6.57. The average Bonchev–Trinajstić information content (AvgIpc) is 2.82. The zero-order valence-electron chi connectivity index (χ0n) is 16.1. The fraction of sp³-hybridized carbons (Fsp3) is 0.609. The lowest BCUT2D eigenvalue weighted by Gasteiger charge is -2.56. The van der Waals surface area contributed by atoms with Gasteiger partial charge in [0, 0.05) is 11.5 Å². The lowest BCUT2D eigenvalue weighted by molar-refractivity contribution is -0.130. The molecule has 0 aliphatic heterocycles. The van der Waals surface area contributed by atoms with Crippen molar-refractivity contribution in [1.82, 2.24) is 0 Å². The van der Waals surface area contributed by atoms with Gasteiger partial charge < -0.3 is 10.2 Å². The van der Waals surface area contributed by atoms with E-state index in [2.05, 4.69) is 24.8 Å². The minimum Gasteiger partial charge on any atom is -0.508 e. The predicted molar refractivity (Wildman–Crippen MR) is 101 cm³/mol. The Bertz CT molecular complexity index is 835. The molecular formula is C23H28O3. The largest absolute Gasteiger partial charge is 0.508 e. The number of aliphatic hydroxyl groups is 2. The second kappa shape index (κ2) is 5.36. The van der Waals surface area contributed by atoms with Gasteiger partial charge in [-0.05, 0) is 75.9 Å². The second-order valence-electron chi connectivity index (χ2n) is 9.06. The maximum atomic E-state index is 13.0. The van der Waals surface area contributed by atoms with Crippen molar-refractivity contribution in [3.63, 3.8) is 0 Å². The molecule has 0 unspecified atom stereocenters. The highest BCUT2D eigenvalue weighted by Gasteiger charge is 2.64. The van der Waals surface area contributed by atoms with E-state index in [-0.39, 0.29) is 28.8 Å². The number of allylic oxidation sites excluding steroid dienone is 5. The molecule has 0 aromatic rings. The highest BCUT2D eigenvalue weighted by atomic mass is 16.3. The van der Waals surface area contributed by atoms with Crippen molar-refractivity contribution in [3.05, 3.63) is 35.1 Å². The Morgan fingerprint density at radius 2 is 1.85 bits per heavy atom. The van der Waals surface area contributed by atoms with Gasteiger partial charge in [0.1, 0.15) is 11.4 Å². The van der Waals surface area contributed by atoms with Crippen LogP contribution in [0.2, 0.25) is 0 Å². The molecule has 3 heteroatoms. The Balaban J connectivity index is 1.82. The van der Waals surface area contributed by atoms with Gasteiger partial charge in [-0.1, -0.05) is 24.5 Å². The lowest BCUT2D eigenvalue weighted by atomic mass is 9.47. The Kier molecular flexibility index (Phi) is 3.63. The summed E-state index contributed by atoms with van der Waals surface area (Å²) in [6.07, 6.45) is 8.88. The van der Waals surface area contributed by atoms with Gasteiger partial charge in [-0.2, -0.15) is 0 Å². The SMILES string of the molecule is CC#C[C@@]1(O)CC[C@H]2[C@@H]3C=C(C)C4=CC(O)=CC(=O)[C@]4(C)[C@H]3CC[C@@]21C. The Hall–Kier alpha value is -1.79. The number of fused-ring (bicyclic) bond motifs is 5. The van der Waals surface area contributed by atoms with E-state index in [1.54, 1.807) is 13.0 Å². The molecule has 3 nitrogen and oxygen atoms in total. The van der Waals surface area contributed by atoms with Crippen molar-refractivity contribution >= 4 is 5.78 Å².